The second-order valence-electron chi connectivity index (χ2n) is 6.25. The molecule has 1 aliphatic heterocycles. The van der Waals surface area contributed by atoms with Gasteiger partial charge in [-0.25, -0.2) is 4.68 Å². The molecule has 2 N–H and O–H groups in total. The highest BCUT2D eigenvalue weighted by molar-refractivity contribution is 5.34. The van der Waals surface area contributed by atoms with Gasteiger partial charge in [0.05, 0.1) is 11.3 Å². The minimum Gasteiger partial charge on any atom is -0.388 e. The van der Waals surface area contributed by atoms with Gasteiger partial charge < -0.3 is 15.2 Å². The zero-order valence-electron chi connectivity index (χ0n) is 13.6. The molecule has 1 saturated heterocycles. The Kier molecular flexibility index (Phi) is 5.12. The quantitative estimate of drug-likeness (QED) is 0.865. The van der Waals surface area contributed by atoms with Crippen LogP contribution in [0.5, 0.6) is 0 Å². The second-order valence-corrected chi connectivity index (χ2v) is 6.25. The number of hydrogen-bond acceptors (Lipinski definition) is 4. The largest absolute Gasteiger partial charge is 0.435 e. The van der Waals surface area contributed by atoms with Crippen LogP contribution in [0.25, 0.3) is 5.69 Å². The summed E-state index contributed by atoms with van der Waals surface area (Å²) in [6, 6.07) is 8.03. The predicted molar refractivity (Wildman–Crippen MR) is 85.3 cm³/mol. The Hall–Kier alpha value is -1.90. The highest BCUT2D eigenvalue weighted by Gasteiger charge is 2.33. The molecule has 5 nitrogen and oxygen atoms in total. The molecule has 2 aromatic rings. The fourth-order valence-corrected chi connectivity index (χ4v) is 2.75. The maximum absolute atomic E-state index is 12.6. The molecule has 3 rings (SSSR count). The first-order valence-electron chi connectivity index (χ1n) is 8.09. The lowest BCUT2D eigenvalue weighted by molar-refractivity contribution is -0.141. The Morgan fingerprint density at radius 2 is 1.84 bits per heavy atom. The number of alkyl halides is 3. The average molecular weight is 355 g/mol. The number of halogens is 3. The molecule has 0 spiro atoms. The molecule has 0 aliphatic carbocycles. The molecule has 1 aromatic carbocycles. The Morgan fingerprint density at radius 3 is 2.44 bits per heavy atom. The van der Waals surface area contributed by atoms with Crippen LogP contribution >= 0.6 is 0 Å². The van der Waals surface area contributed by atoms with Crippen LogP contribution in [0.2, 0.25) is 0 Å². The Labute approximate surface area is 143 Å². The molecule has 25 heavy (non-hydrogen) atoms. The van der Waals surface area contributed by atoms with Crippen molar-refractivity contribution >= 4 is 0 Å². The topological polar surface area (TPSA) is 59.3 Å². The van der Waals surface area contributed by atoms with E-state index in [1.165, 1.54) is 10.9 Å². The van der Waals surface area contributed by atoms with Gasteiger partial charge in [-0.1, -0.05) is 12.1 Å². The summed E-state index contributed by atoms with van der Waals surface area (Å²) in [5, 5.41) is 17.1. The van der Waals surface area contributed by atoms with Crippen LogP contribution in [0.3, 0.4) is 0 Å². The lowest BCUT2D eigenvalue weighted by Gasteiger charge is -2.32. The zero-order chi connectivity index (χ0) is 17.9. The number of nitrogens with one attached hydrogen (secondary N) is 1. The van der Waals surface area contributed by atoms with Gasteiger partial charge in [-0.2, -0.15) is 18.3 Å². The van der Waals surface area contributed by atoms with Crippen LogP contribution in [0, 0.1) is 0 Å². The molecular weight excluding hydrogens is 335 g/mol. The van der Waals surface area contributed by atoms with E-state index >= 15 is 0 Å². The van der Waals surface area contributed by atoms with Crippen molar-refractivity contribution in [3.8, 4) is 5.69 Å². The van der Waals surface area contributed by atoms with Gasteiger partial charge in [-0.05, 0) is 23.8 Å². The molecule has 0 saturated carbocycles. The van der Waals surface area contributed by atoms with Crippen LogP contribution in [-0.4, -0.2) is 40.2 Å². The van der Waals surface area contributed by atoms with Crippen LogP contribution in [-0.2, 0) is 17.5 Å². The van der Waals surface area contributed by atoms with Crippen LogP contribution in [0.15, 0.2) is 36.5 Å². The summed E-state index contributed by atoms with van der Waals surface area (Å²) < 4.78 is 44.2. The molecule has 0 amide bonds. The van der Waals surface area contributed by atoms with Gasteiger partial charge in [-0.15, -0.1) is 0 Å². The SMILES string of the molecule is OC1(CNCc2ccc(-n3ccc(C(F)(F)F)n3)cc2)CCOCC1. The van der Waals surface area contributed by atoms with Gasteiger partial charge in [0.1, 0.15) is 0 Å². The standard InChI is InChI=1S/C17H20F3N3O2/c18-17(19,20)15-5-8-23(22-15)14-3-1-13(2-4-14)11-21-12-16(24)6-9-25-10-7-16/h1-5,8,21,24H,6-7,9-12H2. The average Bonchev–Trinajstić information content (AvgIpc) is 3.06. The number of aromatic nitrogens is 2. The van der Waals surface area contributed by atoms with Crippen LogP contribution in [0.4, 0.5) is 13.2 Å². The Morgan fingerprint density at radius 1 is 1.16 bits per heavy atom. The number of rotatable bonds is 5. The first-order valence-corrected chi connectivity index (χ1v) is 8.09. The highest BCUT2D eigenvalue weighted by Crippen LogP contribution is 2.27. The molecule has 0 atom stereocenters. The molecule has 2 heterocycles. The summed E-state index contributed by atoms with van der Waals surface area (Å²) in [5.41, 5.74) is -0.116. The predicted octanol–water partition coefficient (Wildman–Crippen LogP) is 2.52. The van der Waals surface area contributed by atoms with E-state index in [0.29, 0.717) is 44.8 Å². The molecule has 0 radical (unpaired) electrons. The highest BCUT2D eigenvalue weighted by atomic mass is 19.4. The molecule has 0 bridgehead atoms. The maximum Gasteiger partial charge on any atom is 0.435 e. The maximum atomic E-state index is 12.6. The molecular formula is C17H20F3N3O2. The number of nitrogens with zero attached hydrogens (tertiary/aromatic N) is 2. The van der Waals surface area contributed by atoms with Crippen LogP contribution < -0.4 is 5.32 Å². The molecule has 1 fully saturated rings. The van der Waals surface area contributed by atoms with Crippen molar-refractivity contribution in [3.63, 3.8) is 0 Å². The Balaban J connectivity index is 1.56. The van der Waals surface area contributed by atoms with Gasteiger partial charge in [0.25, 0.3) is 0 Å². The smallest absolute Gasteiger partial charge is 0.388 e. The van der Waals surface area contributed by atoms with Crippen molar-refractivity contribution in [1.82, 2.24) is 15.1 Å². The summed E-state index contributed by atoms with van der Waals surface area (Å²) in [4.78, 5) is 0. The number of hydrogen-bond donors (Lipinski definition) is 2. The van der Waals surface area contributed by atoms with Gasteiger partial charge >= 0.3 is 6.18 Å². The monoisotopic (exact) mass is 355 g/mol. The summed E-state index contributed by atoms with van der Waals surface area (Å²) in [5.74, 6) is 0. The summed E-state index contributed by atoms with van der Waals surface area (Å²) in [6.07, 6.45) is -1.93. The van der Waals surface area contributed by atoms with Gasteiger partial charge in [-0.3, -0.25) is 0 Å². The van der Waals surface area contributed by atoms with E-state index in [2.05, 4.69) is 10.4 Å². The summed E-state index contributed by atoms with van der Waals surface area (Å²) in [7, 11) is 0. The molecule has 8 heteroatoms. The van der Waals surface area contributed by atoms with E-state index in [0.717, 1.165) is 11.6 Å². The summed E-state index contributed by atoms with van der Waals surface area (Å²) >= 11 is 0. The van der Waals surface area contributed by atoms with E-state index in [4.69, 9.17) is 4.74 Å². The van der Waals surface area contributed by atoms with E-state index in [1.54, 1.807) is 12.1 Å². The summed E-state index contributed by atoms with van der Waals surface area (Å²) in [6.45, 7) is 2.18. The van der Waals surface area contributed by atoms with Crippen molar-refractivity contribution in [2.24, 2.45) is 0 Å². The van der Waals surface area contributed by atoms with E-state index in [9.17, 15) is 18.3 Å². The van der Waals surface area contributed by atoms with Gasteiger partial charge in [0.2, 0.25) is 0 Å². The zero-order valence-corrected chi connectivity index (χ0v) is 13.6. The molecule has 1 aliphatic rings. The van der Waals surface area contributed by atoms with Gasteiger partial charge in [0, 0.05) is 45.3 Å². The third-order valence-corrected chi connectivity index (χ3v) is 4.29. The first-order chi connectivity index (χ1) is 11.9. The third-order valence-electron chi connectivity index (χ3n) is 4.29. The minimum atomic E-state index is -4.44. The van der Waals surface area contributed by atoms with Gasteiger partial charge in [0.15, 0.2) is 5.69 Å². The lowest BCUT2D eigenvalue weighted by Crippen LogP contribution is -2.44. The number of aliphatic hydroxyl groups is 1. The van der Waals surface area contributed by atoms with Crippen molar-refractivity contribution < 1.29 is 23.0 Å². The lowest BCUT2D eigenvalue weighted by atomic mass is 9.94. The number of benzene rings is 1. The van der Waals surface area contributed by atoms with E-state index in [1.807, 2.05) is 12.1 Å². The second kappa shape index (κ2) is 7.15. The van der Waals surface area contributed by atoms with Crippen molar-refractivity contribution in [2.75, 3.05) is 19.8 Å². The molecule has 136 valence electrons. The first kappa shape index (κ1) is 17.9. The normalized spacial score (nSPS) is 17.6. The van der Waals surface area contributed by atoms with E-state index < -0.39 is 17.5 Å². The van der Waals surface area contributed by atoms with E-state index in [-0.39, 0.29) is 0 Å². The Bertz CT molecular complexity index is 692. The molecule has 0 unspecified atom stereocenters. The fraction of sp³-hybridized carbons (Fsp3) is 0.471. The van der Waals surface area contributed by atoms with Crippen molar-refractivity contribution in [3.05, 3.63) is 47.8 Å². The van der Waals surface area contributed by atoms with Crippen molar-refractivity contribution in [2.45, 2.75) is 31.2 Å². The molecule has 1 aromatic heterocycles. The number of ether oxygens (including phenoxy) is 1. The van der Waals surface area contributed by atoms with Crippen LogP contribution in [0.1, 0.15) is 24.1 Å². The van der Waals surface area contributed by atoms with Crippen molar-refractivity contribution in [1.29, 1.82) is 0 Å². The third kappa shape index (κ3) is 4.59. The minimum absolute atomic E-state index is 0.478. The fourth-order valence-electron chi connectivity index (χ4n) is 2.75.